The molecule has 0 aliphatic carbocycles. The topological polar surface area (TPSA) is 29.9 Å². The lowest BCUT2D eigenvalue weighted by Gasteiger charge is -2.15. The second kappa shape index (κ2) is 5.47. The molecule has 0 saturated carbocycles. The maximum atomic E-state index is 4.40. The minimum atomic E-state index is 0.376. The molecule has 2 rings (SSSR count). The molecule has 0 aliphatic heterocycles. The Kier molecular flexibility index (Phi) is 3.97. The molecule has 1 N–H and O–H groups in total. The number of rotatable bonds is 5. The summed E-state index contributed by atoms with van der Waals surface area (Å²) in [5.41, 5.74) is 3.77. The first-order valence-electron chi connectivity index (χ1n) is 5.89. The number of hydrogen-bond acceptors (Lipinski definition) is 3. The predicted octanol–water partition coefficient (Wildman–Crippen LogP) is 2.68. The van der Waals surface area contributed by atoms with Crippen molar-refractivity contribution in [1.29, 1.82) is 0 Å². The summed E-state index contributed by atoms with van der Waals surface area (Å²) < 4.78 is 1.98. The van der Waals surface area contributed by atoms with Crippen molar-refractivity contribution in [2.45, 2.75) is 25.8 Å². The maximum Gasteiger partial charge on any atom is 0.0597 e. The molecule has 0 bridgehead atoms. The Labute approximate surface area is 106 Å². The highest BCUT2D eigenvalue weighted by atomic mass is 32.1. The van der Waals surface area contributed by atoms with E-state index in [0.717, 1.165) is 18.5 Å². The van der Waals surface area contributed by atoms with Crippen LogP contribution in [0.3, 0.4) is 0 Å². The lowest BCUT2D eigenvalue weighted by molar-refractivity contribution is 0.506. The Morgan fingerprint density at radius 3 is 2.88 bits per heavy atom. The second-order valence-electron chi connectivity index (χ2n) is 4.35. The fourth-order valence-corrected chi connectivity index (χ4v) is 2.85. The van der Waals surface area contributed by atoms with Gasteiger partial charge in [0.2, 0.25) is 0 Å². The molecule has 3 nitrogen and oxygen atoms in total. The fraction of sp³-hybridized carbons (Fsp3) is 0.462. The molecule has 0 saturated heterocycles. The van der Waals surface area contributed by atoms with E-state index in [0.29, 0.717) is 6.04 Å². The van der Waals surface area contributed by atoms with Gasteiger partial charge in [-0.15, -0.1) is 0 Å². The van der Waals surface area contributed by atoms with Crippen LogP contribution in [0.15, 0.2) is 22.9 Å². The van der Waals surface area contributed by atoms with Crippen LogP contribution in [-0.2, 0) is 13.5 Å². The molecule has 0 aliphatic rings. The van der Waals surface area contributed by atoms with E-state index in [9.17, 15) is 0 Å². The van der Waals surface area contributed by atoms with E-state index in [2.05, 4.69) is 33.3 Å². The van der Waals surface area contributed by atoms with Crippen molar-refractivity contribution in [3.8, 4) is 0 Å². The molecule has 2 heterocycles. The van der Waals surface area contributed by atoms with E-state index in [4.69, 9.17) is 0 Å². The normalized spacial score (nSPS) is 12.9. The zero-order valence-corrected chi connectivity index (χ0v) is 11.4. The molecule has 1 atom stereocenters. The van der Waals surface area contributed by atoms with E-state index in [-0.39, 0.29) is 0 Å². The number of nitrogens with one attached hydrogen (secondary N) is 1. The van der Waals surface area contributed by atoms with Crippen LogP contribution < -0.4 is 5.32 Å². The van der Waals surface area contributed by atoms with Gasteiger partial charge in [0.05, 0.1) is 11.4 Å². The Morgan fingerprint density at radius 2 is 2.35 bits per heavy atom. The summed E-state index contributed by atoms with van der Waals surface area (Å²) in [6.45, 7) is 2.04. The summed E-state index contributed by atoms with van der Waals surface area (Å²) in [6, 6.07) is 4.74. The third-order valence-electron chi connectivity index (χ3n) is 3.05. The molecule has 17 heavy (non-hydrogen) atoms. The summed E-state index contributed by atoms with van der Waals surface area (Å²) >= 11 is 1.76. The molecule has 0 aromatic carbocycles. The van der Waals surface area contributed by atoms with Crippen molar-refractivity contribution in [2.24, 2.45) is 7.05 Å². The number of hydrogen-bond donors (Lipinski definition) is 1. The quantitative estimate of drug-likeness (QED) is 0.883. The van der Waals surface area contributed by atoms with Crippen LogP contribution in [0, 0.1) is 6.92 Å². The Bertz CT molecular complexity index is 459. The van der Waals surface area contributed by atoms with E-state index in [1.165, 1.54) is 11.3 Å². The minimum Gasteiger partial charge on any atom is -0.312 e. The maximum absolute atomic E-state index is 4.40. The lowest BCUT2D eigenvalue weighted by Crippen LogP contribution is -2.20. The van der Waals surface area contributed by atoms with Crippen LogP contribution in [0.5, 0.6) is 0 Å². The van der Waals surface area contributed by atoms with Crippen molar-refractivity contribution < 1.29 is 0 Å². The van der Waals surface area contributed by atoms with Crippen LogP contribution >= 0.6 is 11.3 Å². The first kappa shape index (κ1) is 12.3. The Morgan fingerprint density at radius 1 is 1.53 bits per heavy atom. The third-order valence-corrected chi connectivity index (χ3v) is 3.78. The molecule has 92 valence electrons. The van der Waals surface area contributed by atoms with Crippen LogP contribution in [0.4, 0.5) is 0 Å². The zero-order valence-electron chi connectivity index (χ0n) is 10.6. The molecule has 2 aromatic heterocycles. The molecule has 0 fully saturated rings. The van der Waals surface area contributed by atoms with Crippen molar-refractivity contribution in [2.75, 3.05) is 7.05 Å². The van der Waals surface area contributed by atoms with Gasteiger partial charge in [-0.3, -0.25) is 4.68 Å². The molecule has 0 spiro atoms. The van der Waals surface area contributed by atoms with Crippen LogP contribution in [-0.4, -0.2) is 16.8 Å². The summed E-state index contributed by atoms with van der Waals surface area (Å²) in [4.78, 5) is 0. The van der Waals surface area contributed by atoms with Gasteiger partial charge in [-0.05, 0) is 55.3 Å². The molecular weight excluding hydrogens is 230 g/mol. The van der Waals surface area contributed by atoms with Gasteiger partial charge < -0.3 is 5.32 Å². The largest absolute Gasteiger partial charge is 0.312 e. The van der Waals surface area contributed by atoms with E-state index >= 15 is 0 Å². The van der Waals surface area contributed by atoms with Crippen molar-refractivity contribution in [3.63, 3.8) is 0 Å². The standard InChI is InChI=1S/C13H19N3S/c1-10-8-13(16(3)15-10)12(14-2)5-4-11-6-7-17-9-11/h6-9,12,14H,4-5H2,1-3H3. The highest BCUT2D eigenvalue weighted by Gasteiger charge is 2.14. The average molecular weight is 249 g/mol. The summed E-state index contributed by atoms with van der Waals surface area (Å²) in [7, 11) is 4.03. The summed E-state index contributed by atoms with van der Waals surface area (Å²) in [6.07, 6.45) is 2.21. The summed E-state index contributed by atoms with van der Waals surface area (Å²) in [5.74, 6) is 0. The molecule has 0 radical (unpaired) electrons. The van der Waals surface area contributed by atoms with E-state index < -0.39 is 0 Å². The predicted molar refractivity (Wildman–Crippen MR) is 72.4 cm³/mol. The first-order valence-corrected chi connectivity index (χ1v) is 6.84. The number of thiophene rings is 1. The van der Waals surface area contributed by atoms with Crippen molar-refractivity contribution >= 4 is 11.3 Å². The molecule has 1 unspecified atom stereocenters. The highest BCUT2D eigenvalue weighted by Crippen LogP contribution is 2.20. The molecular formula is C13H19N3S. The van der Waals surface area contributed by atoms with Gasteiger partial charge in [-0.2, -0.15) is 16.4 Å². The summed E-state index contributed by atoms with van der Waals surface area (Å²) in [5, 5.41) is 12.1. The van der Waals surface area contributed by atoms with E-state index in [1.807, 2.05) is 25.7 Å². The smallest absolute Gasteiger partial charge is 0.0597 e. The molecule has 2 aromatic rings. The van der Waals surface area contributed by atoms with Gasteiger partial charge in [0, 0.05) is 13.1 Å². The van der Waals surface area contributed by atoms with Gasteiger partial charge in [0.1, 0.15) is 0 Å². The van der Waals surface area contributed by atoms with Gasteiger partial charge in [0.15, 0.2) is 0 Å². The van der Waals surface area contributed by atoms with Crippen molar-refractivity contribution in [3.05, 3.63) is 39.8 Å². The fourth-order valence-electron chi connectivity index (χ4n) is 2.14. The molecule has 4 heteroatoms. The first-order chi connectivity index (χ1) is 8.20. The molecule has 0 amide bonds. The highest BCUT2D eigenvalue weighted by molar-refractivity contribution is 7.07. The number of aromatic nitrogens is 2. The minimum absolute atomic E-state index is 0.376. The van der Waals surface area contributed by atoms with Gasteiger partial charge in [-0.1, -0.05) is 0 Å². The Balaban J connectivity index is 2.04. The second-order valence-corrected chi connectivity index (χ2v) is 5.13. The van der Waals surface area contributed by atoms with Crippen LogP contribution in [0.1, 0.15) is 29.4 Å². The lowest BCUT2D eigenvalue weighted by atomic mass is 10.0. The van der Waals surface area contributed by atoms with E-state index in [1.54, 1.807) is 11.3 Å². The number of nitrogens with zero attached hydrogens (tertiary/aromatic N) is 2. The number of aryl methyl sites for hydroxylation is 3. The zero-order chi connectivity index (χ0) is 12.3. The Hall–Kier alpha value is -1.13. The SMILES string of the molecule is CNC(CCc1ccsc1)c1cc(C)nn1C. The third kappa shape index (κ3) is 2.96. The average Bonchev–Trinajstić information content (AvgIpc) is 2.90. The monoisotopic (exact) mass is 249 g/mol. The van der Waals surface area contributed by atoms with Crippen LogP contribution in [0.25, 0.3) is 0 Å². The van der Waals surface area contributed by atoms with Gasteiger partial charge >= 0.3 is 0 Å². The van der Waals surface area contributed by atoms with Crippen molar-refractivity contribution in [1.82, 2.24) is 15.1 Å². The van der Waals surface area contributed by atoms with Gasteiger partial charge in [0.25, 0.3) is 0 Å². The van der Waals surface area contributed by atoms with Crippen LogP contribution in [0.2, 0.25) is 0 Å². The van der Waals surface area contributed by atoms with Gasteiger partial charge in [-0.25, -0.2) is 0 Å².